The van der Waals surface area contributed by atoms with E-state index in [-0.39, 0.29) is 4.90 Å². The Morgan fingerprint density at radius 3 is 1.94 bits per heavy atom. The number of carbonyl (C=O) groups excluding carboxylic acids is 2. The maximum absolute atomic E-state index is 12.0. The largest absolute Gasteiger partial charge is 0.339 e. The smallest absolute Gasteiger partial charge is 0.287 e. The van der Waals surface area contributed by atoms with Crippen LogP contribution in [0.4, 0.5) is 0 Å². The van der Waals surface area contributed by atoms with Crippen molar-refractivity contribution in [1.82, 2.24) is 5.43 Å². The van der Waals surface area contributed by atoms with Crippen molar-refractivity contribution in [2.75, 3.05) is 0 Å². The third-order valence-corrected chi connectivity index (χ3v) is 4.29. The highest BCUT2D eigenvalue weighted by Gasteiger charge is 2.33. The number of nitrogens with two attached hydrogens (primary N) is 1. The second-order valence-electron chi connectivity index (χ2n) is 3.99. The fraction of sp³-hybridized carbons (Fsp3) is 0.273. The zero-order valence-corrected chi connectivity index (χ0v) is 11.1. The minimum absolute atomic E-state index is 0.137. The van der Waals surface area contributed by atoms with Crippen molar-refractivity contribution in [1.29, 1.82) is 0 Å². The molecule has 0 aliphatic rings. The zero-order valence-electron chi connectivity index (χ0n) is 10.3. The minimum Gasteiger partial charge on any atom is -0.287 e. The van der Waals surface area contributed by atoms with Gasteiger partial charge >= 0.3 is 11.0 Å². The molecule has 0 saturated carbocycles. The predicted octanol–water partition coefficient (Wildman–Crippen LogP) is -0.0979. The average Bonchev–Trinajstić information content (AvgIpc) is 2.24. The standard InChI is InChI=1S/C11H14N2O4S/c1-6-4-7(2)9(8(3)5-6)18(16,17)11(15)10(14)13-12/h4-5H,12H2,1-3H3,(H,13,14). The van der Waals surface area contributed by atoms with Gasteiger partial charge < -0.3 is 0 Å². The van der Waals surface area contributed by atoms with Crippen LogP contribution < -0.4 is 11.3 Å². The van der Waals surface area contributed by atoms with Crippen molar-refractivity contribution >= 4 is 20.9 Å². The predicted molar refractivity (Wildman–Crippen MR) is 65.2 cm³/mol. The van der Waals surface area contributed by atoms with Gasteiger partial charge in [-0.05, 0) is 31.9 Å². The SMILES string of the molecule is Cc1cc(C)c(S(=O)(=O)C(=O)C(=O)NN)c(C)c1. The molecule has 3 N–H and O–H groups in total. The topological polar surface area (TPSA) is 106 Å². The van der Waals surface area contributed by atoms with Gasteiger partial charge in [-0.15, -0.1) is 0 Å². The molecule has 1 amide bonds. The average molecular weight is 270 g/mol. The van der Waals surface area contributed by atoms with Gasteiger partial charge in [-0.3, -0.25) is 15.0 Å². The van der Waals surface area contributed by atoms with Gasteiger partial charge in [0.15, 0.2) is 0 Å². The third kappa shape index (κ3) is 2.41. The Kier molecular flexibility index (Phi) is 3.88. The second-order valence-corrected chi connectivity index (χ2v) is 5.78. The maximum Gasteiger partial charge on any atom is 0.339 e. The molecule has 0 heterocycles. The number of amides is 1. The molecule has 0 spiro atoms. The molecule has 1 rings (SSSR count). The van der Waals surface area contributed by atoms with Crippen molar-refractivity contribution < 1.29 is 18.0 Å². The lowest BCUT2D eigenvalue weighted by Crippen LogP contribution is -2.40. The molecule has 98 valence electrons. The monoisotopic (exact) mass is 270 g/mol. The van der Waals surface area contributed by atoms with Crippen LogP contribution in [-0.2, 0) is 19.4 Å². The van der Waals surface area contributed by atoms with Crippen LogP contribution in [0.1, 0.15) is 16.7 Å². The molecule has 0 atom stereocenters. The first-order valence-corrected chi connectivity index (χ1v) is 6.58. The van der Waals surface area contributed by atoms with E-state index in [9.17, 15) is 18.0 Å². The normalized spacial score (nSPS) is 11.1. The van der Waals surface area contributed by atoms with E-state index in [2.05, 4.69) is 0 Å². The molecule has 0 aliphatic carbocycles. The van der Waals surface area contributed by atoms with E-state index in [0.29, 0.717) is 11.1 Å². The fourth-order valence-electron chi connectivity index (χ4n) is 1.86. The summed E-state index contributed by atoms with van der Waals surface area (Å²) in [7, 11) is -4.36. The lowest BCUT2D eigenvalue weighted by atomic mass is 10.1. The summed E-state index contributed by atoms with van der Waals surface area (Å²) in [6.45, 7) is 4.95. The van der Waals surface area contributed by atoms with E-state index in [4.69, 9.17) is 5.84 Å². The number of rotatable bonds is 1. The van der Waals surface area contributed by atoms with E-state index in [1.54, 1.807) is 26.0 Å². The van der Waals surface area contributed by atoms with Crippen LogP contribution in [0.25, 0.3) is 0 Å². The Bertz CT molecular complexity index is 597. The molecule has 0 saturated heterocycles. The van der Waals surface area contributed by atoms with E-state index < -0.39 is 20.9 Å². The summed E-state index contributed by atoms with van der Waals surface area (Å²) in [5.74, 6) is 3.41. The number of hydrazine groups is 1. The number of hydrogen-bond donors (Lipinski definition) is 2. The van der Waals surface area contributed by atoms with Crippen LogP contribution in [0.15, 0.2) is 17.0 Å². The lowest BCUT2D eigenvalue weighted by Gasteiger charge is -2.10. The number of benzene rings is 1. The first kappa shape index (κ1) is 14.3. The first-order valence-electron chi connectivity index (χ1n) is 5.09. The lowest BCUT2D eigenvalue weighted by molar-refractivity contribution is -0.133. The third-order valence-electron chi connectivity index (χ3n) is 2.43. The Morgan fingerprint density at radius 1 is 1.11 bits per heavy atom. The summed E-state index contributed by atoms with van der Waals surface area (Å²) in [5, 5.41) is -1.56. The van der Waals surface area contributed by atoms with Crippen LogP contribution in [0.3, 0.4) is 0 Å². The second kappa shape index (κ2) is 4.87. The molecule has 1 aromatic carbocycles. The number of hydrogen-bond acceptors (Lipinski definition) is 5. The maximum atomic E-state index is 12.0. The Hall–Kier alpha value is -1.73. The highest BCUT2D eigenvalue weighted by Crippen LogP contribution is 2.23. The summed E-state index contributed by atoms with van der Waals surface area (Å²) in [4.78, 5) is 22.4. The summed E-state index contributed by atoms with van der Waals surface area (Å²) in [6.07, 6.45) is 0. The van der Waals surface area contributed by atoms with E-state index in [1.165, 1.54) is 5.43 Å². The van der Waals surface area contributed by atoms with Crippen LogP contribution >= 0.6 is 0 Å². The van der Waals surface area contributed by atoms with Crippen molar-refractivity contribution in [3.05, 3.63) is 28.8 Å². The molecule has 0 unspecified atom stereocenters. The Morgan fingerprint density at radius 2 is 1.56 bits per heavy atom. The summed E-state index contributed by atoms with van der Waals surface area (Å²) < 4.78 is 24.0. The van der Waals surface area contributed by atoms with Gasteiger partial charge in [-0.2, -0.15) is 0 Å². The Labute approximate surface area is 105 Å². The zero-order chi connectivity index (χ0) is 14.1. The van der Waals surface area contributed by atoms with E-state index in [0.717, 1.165) is 5.56 Å². The highest BCUT2D eigenvalue weighted by atomic mass is 32.2. The molecule has 0 aromatic heterocycles. The van der Waals surface area contributed by atoms with Crippen molar-refractivity contribution in [3.8, 4) is 0 Å². The van der Waals surface area contributed by atoms with Gasteiger partial charge in [-0.1, -0.05) is 17.7 Å². The molecule has 0 fully saturated rings. The van der Waals surface area contributed by atoms with Gasteiger partial charge in [0.2, 0.25) is 0 Å². The molecule has 0 aliphatic heterocycles. The first-order chi connectivity index (χ1) is 8.21. The van der Waals surface area contributed by atoms with Gasteiger partial charge in [0.25, 0.3) is 9.84 Å². The number of sulfone groups is 1. The van der Waals surface area contributed by atoms with Gasteiger partial charge in [0.1, 0.15) is 0 Å². The quantitative estimate of drug-likeness (QED) is 0.321. The Balaban J connectivity index is 3.48. The number of carbonyl (C=O) groups is 2. The fourth-order valence-corrected chi connectivity index (χ4v) is 3.32. The van der Waals surface area contributed by atoms with Gasteiger partial charge in [0, 0.05) is 0 Å². The molecule has 7 heteroatoms. The van der Waals surface area contributed by atoms with Crippen molar-refractivity contribution in [2.45, 2.75) is 25.7 Å². The van der Waals surface area contributed by atoms with Crippen LogP contribution in [0.5, 0.6) is 0 Å². The summed E-state index contributed by atoms with van der Waals surface area (Å²) in [5.41, 5.74) is 3.24. The summed E-state index contributed by atoms with van der Waals surface area (Å²) >= 11 is 0. The molecule has 0 radical (unpaired) electrons. The molecular weight excluding hydrogens is 256 g/mol. The van der Waals surface area contributed by atoms with Crippen LogP contribution in [-0.4, -0.2) is 19.4 Å². The molecule has 6 nitrogen and oxygen atoms in total. The van der Waals surface area contributed by atoms with Gasteiger partial charge in [0.05, 0.1) is 4.90 Å². The van der Waals surface area contributed by atoms with E-state index >= 15 is 0 Å². The molecule has 1 aromatic rings. The van der Waals surface area contributed by atoms with Crippen LogP contribution in [0.2, 0.25) is 0 Å². The molecular formula is C11H14N2O4S. The highest BCUT2D eigenvalue weighted by molar-refractivity contribution is 8.08. The summed E-state index contributed by atoms with van der Waals surface area (Å²) in [6, 6.07) is 3.26. The van der Waals surface area contributed by atoms with Crippen molar-refractivity contribution in [2.24, 2.45) is 5.84 Å². The molecule has 18 heavy (non-hydrogen) atoms. The molecule has 0 bridgehead atoms. The number of nitrogens with one attached hydrogen (secondary N) is 1. The van der Waals surface area contributed by atoms with Crippen molar-refractivity contribution in [3.63, 3.8) is 0 Å². The number of aryl methyl sites for hydroxylation is 3. The van der Waals surface area contributed by atoms with Crippen LogP contribution in [0, 0.1) is 20.8 Å². The van der Waals surface area contributed by atoms with Gasteiger partial charge in [-0.25, -0.2) is 14.3 Å². The minimum atomic E-state index is -4.36. The van der Waals surface area contributed by atoms with E-state index in [1.807, 2.05) is 6.92 Å².